The number of carbonyl (C=O) groups is 2. The molecular weight excluding hydrogens is 446 g/mol. The molecule has 6 nitrogen and oxygen atoms in total. The molecule has 0 fully saturated rings. The van der Waals surface area contributed by atoms with Crippen molar-refractivity contribution < 1.29 is 14.3 Å². The molecular formula is C27H29N3O3S. The number of hydrogen-bond donors (Lipinski definition) is 3. The smallest absolute Gasteiger partial charge is 0.261 e. The molecule has 0 spiro atoms. The minimum Gasteiger partial charge on any atom is -0.493 e. The van der Waals surface area contributed by atoms with E-state index in [-0.39, 0.29) is 23.3 Å². The predicted molar refractivity (Wildman–Crippen MR) is 140 cm³/mol. The molecule has 0 aromatic heterocycles. The van der Waals surface area contributed by atoms with E-state index < -0.39 is 0 Å². The van der Waals surface area contributed by atoms with Crippen LogP contribution in [0.25, 0.3) is 0 Å². The first kappa shape index (κ1) is 24.9. The summed E-state index contributed by atoms with van der Waals surface area (Å²) in [5.41, 5.74) is 2.63. The molecule has 0 saturated carbocycles. The third-order valence-electron chi connectivity index (χ3n) is 4.98. The zero-order valence-electron chi connectivity index (χ0n) is 19.2. The number of unbranched alkanes of at least 4 members (excludes halogenated alkanes) is 2. The summed E-state index contributed by atoms with van der Waals surface area (Å²) in [7, 11) is 0. The van der Waals surface area contributed by atoms with Crippen molar-refractivity contribution in [2.45, 2.75) is 32.6 Å². The van der Waals surface area contributed by atoms with Gasteiger partial charge in [0.05, 0.1) is 18.6 Å². The Balaban J connectivity index is 1.55. The fourth-order valence-corrected chi connectivity index (χ4v) is 3.52. The van der Waals surface area contributed by atoms with Crippen molar-refractivity contribution in [3.05, 3.63) is 90.0 Å². The van der Waals surface area contributed by atoms with Gasteiger partial charge in [0.15, 0.2) is 5.11 Å². The van der Waals surface area contributed by atoms with Crippen molar-refractivity contribution in [1.29, 1.82) is 0 Å². The first-order valence-electron chi connectivity index (χ1n) is 11.3. The lowest BCUT2D eigenvalue weighted by molar-refractivity contribution is -0.115. The fourth-order valence-electron chi connectivity index (χ4n) is 3.31. The lowest BCUT2D eigenvalue weighted by Crippen LogP contribution is -2.34. The Kier molecular flexibility index (Phi) is 9.61. The number of rotatable bonds is 10. The normalized spacial score (nSPS) is 10.3. The van der Waals surface area contributed by atoms with E-state index in [9.17, 15) is 9.59 Å². The number of para-hydroxylation sites is 1. The molecule has 0 aliphatic carbocycles. The highest BCUT2D eigenvalue weighted by atomic mass is 32.1. The van der Waals surface area contributed by atoms with Crippen LogP contribution in [0.1, 0.15) is 42.1 Å². The van der Waals surface area contributed by atoms with Gasteiger partial charge >= 0.3 is 0 Å². The van der Waals surface area contributed by atoms with Crippen molar-refractivity contribution in [3.63, 3.8) is 0 Å². The van der Waals surface area contributed by atoms with Crippen LogP contribution < -0.4 is 20.7 Å². The molecule has 0 saturated heterocycles. The number of hydrogen-bond acceptors (Lipinski definition) is 4. The molecule has 3 N–H and O–H groups in total. The molecule has 3 aromatic rings. The summed E-state index contributed by atoms with van der Waals surface area (Å²) in [6, 6.07) is 23.8. The van der Waals surface area contributed by atoms with Crippen LogP contribution in [-0.2, 0) is 11.2 Å². The monoisotopic (exact) mass is 475 g/mol. The number of anilines is 2. The SMILES string of the molecule is CCCCCOc1ccccc1C(=O)NC(=S)Nc1cccc(NC(=O)Cc2ccccc2)c1. The topological polar surface area (TPSA) is 79.5 Å². The van der Waals surface area contributed by atoms with Gasteiger partial charge in [-0.2, -0.15) is 0 Å². The van der Waals surface area contributed by atoms with Gasteiger partial charge in [-0.15, -0.1) is 0 Å². The first-order valence-corrected chi connectivity index (χ1v) is 11.7. The quantitative estimate of drug-likeness (QED) is 0.264. The summed E-state index contributed by atoms with van der Waals surface area (Å²) >= 11 is 5.32. The Labute approximate surface area is 205 Å². The number of carbonyl (C=O) groups excluding carboxylic acids is 2. The Morgan fingerprint density at radius 3 is 2.32 bits per heavy atom. The molecule has 3 rings (SSSR count). The highest BCUT2D eigenvalue weighted by Gasteiger charge is 2.14. The van der Waals surface area contributed by atoms with Crippen molar-refractivity contribution in [2.75, 3.05) is 17.2 Å². The lowest BCUT2D eigenvalue weighted by Gasteiger charge is -2.14. The Morgan fingerprint density at radius 2 is 1.56 bits per heavy atom. The van der Waals surface area contributed by atoms with E-state index in [0.717, 1.165) is 24.8 Å². The highest BCUT2D eigenvalue weighted by molar-refractivity contribution is 7.80. The Hall–Kier alpha value is -3.71. The van der Waals surface area contributed by atoms with E-state index in [1.54, 1.807) is 42.5 Å². The predicted octanol–water partition coefficient (Wildman–Crippen LogP) is 5.56. The summed E-state index contributed by atoms with van der Waals surface area (Å²) in [5.74, 6) is 0.0627. The van der Waals surface area contributed by atoms with Gasteiger partial charge in [-0.1, -0.05) is 68.3 Å². The molecule has 0 bridgehead atoms. The van der Waals surface area contributed by atoms with Gasteiger partial charge in [-0.25, -0.2) is 0 Å². The minimum atomic E-state index is -0.351. The van der Waals surface area contributed by atoms with Gasteiger partial charge in [0, 0.05) is 11.4 Å². The molecule has 0 aliphatic heterocycles. The van der Waals surface area contributed by atoms with E-state index in [0.29, 0.717) is 29.3 Å². The maximum absolute atomic E-state index is 12.8. The van der Waals surface area contributed by atoms with Crippen LogP contribution in [0.4, 0.5) is 11.4 Å². The van der Waals surface area contributed by atoms with Crippen LogP contribution in [0.5, 0.6) is 5.75 Å². The average Bonchev–Trinajstić information content (AvgIpc) is 2.83. The third kappa shape index (κ3) is 8.01. The highest BCUT2D eigenvalue weighted by Crippen LogP contribution is 2.19. The van der Waals surface area contributed by atoms with E-state index in [1.165, 1.54) is 0 Å². The van der Waals surface area contributed by atoms with Gasteiger partial charge in [0.2, 0.25) is 5.91 Å². The summed E-state index contributed by atoms with van der Waals surface area (Å²) in [5, 5.41) is 8.72. The lowest BCUT2D eigenvalue weighted by atomic mass is 10.1. The molecule has 3 aromatic carbocycles. The van der Waals surface area contributed by atoms with E-state index in [1.807, 2.05) is 36.4 Å². The maximum atomic E-state index is 12.8. The first-order chi connectivity index (χ1) is 16.5. The van der Waals surface area contributed by atoms with Crippen molar-refractivity contribution in [2.24, 2.45) is 0 Å². The number of nitrogens with one attached hydrogen (secondary N) is 3. The van der Waals surface area contributed by atoms with Crippen LogP contribution in [0.2, 0.25) is 0 Å². The second-order valence-corrected chi connectivity index (χ2v) is 8.16. The number of ether oxygens (including phenoxy) is 1. The van der Waals surface area contributed by atoms with Crippen LogP contribution in [0.3, 0.4) is 0 Å². The molecule has 2 amide bonds. The molecule has 0 atom stereocenters. The van der Waals surface area contributed by atoms with Gasteiger partial charge < -0.3 is 15.4 Å². The molecule has 0 unspecified atom stereocenters. The molecule has 0 radical (unpaired) electrons. The van der Waals surface area contributed by atoms with E-state index >= 15 is 0 Å². The van der Waals surface area contributed by atoms with Crippen LogP contribution in [0, 0.1) is 0 Å². The maximum Gasteiger partial charge on any atom is 0.261 e. The number of thiocarbonyl (C=S) groups is 1. The molecule has 0 heterocycles. The Morgan fingerprint density at radius 1 is 0.853 bits per heavy atom. The second kappa shape index (κ2) is 13.1. The Bertz CT molecular complexity index is 1120. The second-order valence-electron chi connectivity index (χ2n) is 7.75. The zero-order valence-corrected chi connectivity index (χ0v) is 20.0. The van der Waals surface area contributed by atoms with Crippen LogP contribution >= 0.6 is 12.2 Å². The third-order valence-corrected chi connectivity index (χ3v) is 5.18. The fraction of sp³-hybridized carbons (Fsp3) is 0.222. The van der Waals surface area contributed by atoms with E-state index in [4.69, 9.17) is 17.0 Å². The molecule has 34 heavy (non-hydrogen) atoms. The zero-order chi connectivity index (χ0) is 24.2. The van der Waals surface area contributed by atoms with Gasteiger partial charge in [-0.3, -0.25) is 14.9 Å². The summed E-state index contributed by atoms with van der Waals surface area (Å²) in [6.07, 6.45) is 3.40. The summed E-state index contributed by atoms with van der Waals surface area (Å²) in [4.78, 5) is 25.1. The molecule has 0 aliphatic rings. The standard InChI is InChI=1S/C27H29N3O3S/c1-2-3-9-17-33-24-16-8-7-15-23(24)26(32)30-27(34)29-22-14-10-13-21(19-22)28-25(31)18-20-11-5-4-6-12-20/h4-8,10-16,19H,2-3,9,17-18H2,1H3,(H,28,31)(H2,29,30,32,34). The molecule has 176 valence electrons. The van der Waals surface area contributed by atoms with Gasteiger partial charge in [0.1, 0.15) is 5.75 Å². The van der Waals surface area contributed by atoms with Crippen LogP contribution in [0.15, 0.2) is 78.9 Å². The van der Waals surface area contributed by atoms with E-state index in [2.05, 4.69) is 22.9 Å². The van der Waals surface area contributed by atoms with Crippen molar-refractivity contribution >= 4 is 40.5 Å². The van der Waals surface area contributed by atoms with Gasteiger partial charge in [0.25, 0.3) is 5.91 Å². The number of benzene rings is 3. The minimum absolute atomic E-state index is 0.116. The summed E-state index contributed by atoms with van der Waals surface area (Å²) < 4.78 is 5.79. The average molecular weight is 476 g/mol. The largest absolute Gasteiger partial charge is 0.493 e. The van der Waals surface area contributed by atoms with Crippen molar-refractivity contribution in [3.8, 4) is 5.75 Å². The van der Waals surface area contributed by atoms with Gasteiger partial charge in [-0.05, 0) is 54.5 Å². The summed E-state index contributed by atoms with van der Waals surface area (Å²) in [6.45, 7) is 2.69. The van der Waals surface area contributed by atoms with Crippen molar-refractivity contribution in [1.82, 2.24) is 5.32 Å². The van der Waals surface area contributed by atoms with Crippen LogP contribution in [-0.4, -0.2) is 23.5 Å². The molecule has 7 heteroatoms. The number of amides is 2.